The number of rotatable bonds is 9. The Balaban J connectivity index is 1.73. The van der Waals surface area contributed by atoms with Crippen molar-refractivity contribution in [3.8, 4) is 0 Å². The predicted octanol–water partition coefficient (Wildman–Crippen LogP) is 3.85. The lowest BCUT2D eigenvalue weighted by Crippen LogP contribution is -2.60. The Bertz CT molecular complexity index is 1140. The summed E-state index contributed by atoms with van der Waals surface area (Å²) in [4.78, 5) is 45.2. The molecule has 202 valence electrons. The van der Waals surface area contributed by atoms with Crippen LogP contribution in [-0.4, -0.2) is 62.5 Å². The predicted molar refractivity (Wildman–Crippen MR) is 148 cm³/mol. The normalized spacial score (nSPS) is 16.8. The molecule has 37 heavy (non-hydrogen) atoms. The molecule has 0 bridgehead atoms. The smallest absolute Gasteiger partial charge is 0.408 e. The van der Waals surface area contributed by atoms with Crippen LogP contribution < -0.4 is 16.4 Å². The minimum Gasteiger partial charge on any atom is -0.447 e. The van der Waals surface area contributed by atoms with Gasteiger partial charge < -0.3 is 26.0 Å². The Hall–Kier alpha value is -3.01. The van der Waals surface area contributed by atoms with E-state index >= 15 is 0 Å². The number of hydrogen-bond donors (Lipinski definition) is 3. The summed E-state index contributed by atoms with van der Waals surface area (Å²) < 4.78 is 4.65. The van der Waals surface area contributed by atoms with Crippen LogP contribution in [0.3, 0.4) is 0 Å². The van der Waals surface area contributed by atoms with Crippen LogP contribution in [0.5, 0.6) is 0 Å². The highest BCUT2D eigenvalue weighted by molar-refractivity contribution is 8.01. The van der Waals surface area contributed by atoms with Gasteiger partial charge in [-0.2, -0.15) is 11.8 Å². The van der Waals surface area contributed by atoms with Gasteiger partial charge in [-0.1, -0.05) is 26.0 Å². The number of pyridine rings is 1. The first kappa shape index (κ1) is 28.6. The molecule has 1 aromatic heterocycles. The number of likely N-dealkylation sites (tertiary alicyclic amines) is 1. The largest absolute Gasteiger partial charge is 0.447 e. The summed E-state index contributed by atoms with van der Waals surface area (Å²) >= 11 is 1.60. The number of amides is 3. The van der Waals surface area contributed by atoms with Crippen molar-refractivity contribution in [2.45, 2.75) is 89.1 Å². The van der Waals surface area contributed by atoms with Crippen molar-refractivity contribution in [2.24, 2.45) is 0 Å². The van der Waals surface area contributed by atoms with Crippen molar-refractivity contribution in [3.63, 3.8) is 0 Å². The fourth-order valence-electron chi connectivity index (χ4n) is 4.71. The first-order chi connectivity index (χ1) is 17.4. The Morgan fingerprint density at radius 2 is 1.95 bits per heavy atom. The molecule has 1 aromatic carbocycles. The van der Waals surface area contributed by atoms with Gasteiger partial charge in [-0.05, 0) is 68.9 Å². The molecule has 3 amide bonds. The topological polar surface area (TPSA) is 127 Å². The van der Waals surface area contributed by atoms with Crippen LogP contribution in [0.1, 0.15) is 59.9 Å². The number of benzene rings is 1. The van der Waals surface area contributed by atoms with E-state index in [9.17, 15) is 14.4 Å². The van der Waals surface area contributed by atoms with Gasteiger partial charge in [0.15, 0.2) is 0 Å². The number of thioether (sulfide) groups is 1. The number of nitrogens with zero attached hydrogens (tertiary/aromatic N) is 2. The number of aromatic nitrogens is 1. The lowest BCUT2D eigenvalue weighted by Gasteiger charge is -2.38. The number of nitrogens with one attached hydrogen (secondary N) is 2. The molecule has 10 heteroatoms. The molecule has 1 aliphatic rings. The van der Waals surface area contributed by atoms with E-state index < -0.39 is 22.9 Å². The summed E-state index contributed by atoms with van der Waals surface area (Å²) in [6, 6.07) is 6.20. The third-order valence-corrected chi connectivity index (χ3v) is 7.57. The Kier molecular flexibility index (Phi) is 9.28. The number of fused-ring (bicyclic) bond motifs is 1. The zero-order valence-electron chi connectivity index (χ0n) is 22.5. The van der Waals surface area contributed by atoms with E-state index in [4.69, 9.17) is 10.5 Å². The van der Waals surface area contributed by atoms with Gasteiger partial charge in [0.1, 0.15) is 17.9 Å². The average molecular weight is 530 g/mol. The molecule has 4 N–H and O–H groups in total. The fourth-order valence-corrected chi connectivity index (χ4v) is 6.22. The van der Waals surface area contributed by atoms with Crippen LogP contribution in [0.4, 0.5) is 10.6 Å². The second-order valence-corrected chi connectivity index (χ2v) is 12.7. The molecule has 0 spiro atoms. The fraction of sp³-hybridized carbons (Fsp3) is 0.556. The van der Waals surface area contributed by atoms with Crippen LogP contribution in [0, 0.1) is 0 Å². The van der Waals surface area contributed by atoms with Gasteiger partial charge >= 0.3 is 6.09 Å². The van der Waals surface area contributed by atoms with Crippen molar-refractivity contribution in [1.29, 1.82) is 0 Å². The van der Waals surface area contributed by atoms with Gasteiger partial charge in [0.05, 0.1) is 6.10 Å². The lowest BCUT2D eigenvalue weighted by molar-refractivity contribution is -0.140. The second-order valence-electron chi connectivity index (χ2n) is 10.5. The summed E-state index contributed by atoms with van der Waals surface area (Å²) in [7, 11) is 0. The highest BCUT2D eigenvalue weighted by atomic mass is 32.2. The van der Waals surface area contributed by atoms with Crippen LogP contribution in [0.15, 0.2) is 30.5 Å². The quantitative estimate of drug-likeness (QED) is 0.450. The maximum absolute atomic E-state index is 13.8. The molecule has 2 aromatic rings. The van der Waals surface area contributed by atoms with Crippen LogP contribution in [0.25, 0.3) is 10.8 Å². The SMILES string of the molecule is CC(C)OC(=O)N[C@H](C(=O)N1CCC[C@H]1C(=O)NCc1ccc2c(N)nccc2c1)C(C)(C)SC(C)C. The van der Waals surface area contributed by atoms with Gasteiger partial charge in [-0.25, -0.2) is 9.78 Å². The molecule has 1 saturated heterocycles. The summed E-state index contributed by atoms with van der Waals surface area (Å²) in [6.07, 6.45) is 1.98. The summed E-state index contributed by atoms with van der Waals surface area (Å²) in [5, 5.41) is 7.82. The number of nitrogen functional groups attached to an aromatic ring is 1. The summed E-state index contributed by atoms with van der Waals surface area (Å²) in [6.45, 7) is 12.3. The molecule has 0 saturated carbocycles. The molecule has 0 aliphatic carbocycles. The van der Waals surface area contributed by atoms with Crippen molar-refractivity contribution in [2.75, 3.05) is 12.3 Å². The number of anilines is 1. The highest BCUT2D eigenvalue weighted by Crippen LogP contribution is 2.34. The first-order valence-corrected chi connectivity index (χ1v) is 13.6. The molecular formula is C27H39N5O4S. The number of nitrogens with two attached hydrogens (primary N) is 1. The van der Waals surface area contributed by atoms with Crippen LogP contribution in [-0.2, 0) is 20.9 Å². The Labute approximate surface area is 223 Å². The second kappa shape index (κ2) is 12.0. The summed E-state index contributed by atoms with van der Waals surface area (Å²) in [5.74, 6) is -0.0182. The number of hydrogen-bond acceptors (Lipinski definition) is 7. The number of carbonyl (C=O) groups is 3. The number of alkyl carbamates (subject to hydrolysis) is 1. The van der Waals surface area contributed by atoms with E-state index in [0.29, 0.717) is 31.7 Å². The van der Waals surface area contributed by atoms with Gasteiger partial charge in [0, 0.05) is 29.4 Å². The minimum atomic E-state index is -0.848. The van der Waals surface area contributed by atoms with E-state index in [1.807, 2.05) is 52.0 Å². The van der Waals surface area contributed by atoms with Crippen LogP contribution >= 0.6 is 11.8 Å². The number of carbonyl (C=O) groups excluding carboxylic acids is 3. The van der Waals surface area contributed by atoms with Crippen molar-refractivity contribution in [1.82, 2.24) is 20.5 Å². The van der Waals surface area contributed by atoms with E-state index in [1.54, 1.807) is 36.7 Å². The van der Waals surface area contributed by atoms with E-state index in [1.165, 1.54) is 0 Å². The van der Waals surface area contributed by atoms with Gasteiger partial charge in [-0.15, -0.1) is 0 Å². The molecule has 1 fully saturated rings. The lowest BCUT2D eigenvalue weighted by atomic mass is 10.0. The molecular weight excluding hydrogens is 490 g/mol. The third-order valence-electron chi connectivity index (χ3n) is 6.25. The standard InChI is InChI=1S/C27H39N5O4S/c1-16(2)36-26(35)31-22(27(5,6)37-17(3)4)25(34)32-13-7-8-21(32)24(33)30-15-18-9-10-20-19(14-18)11-12-29-23(20)28/h9-12,14,16-17,21-22H,7-8,13,15H2,1-6H3,(H2,28,29)(H,30,33)(H,31,35)/t21-,22+/m0/s1. The monoisotopic (exact) mass is 529 g/mol. The third kappa shape index (κ3) is 7.28. The van der Waals surface area contributed by atoms with Gasteiger partial charge in [0.25, 0.3) is 0 Å². The molecule has 0 radical (unpaired) electrons. The van der Waals surface area contributed by atoms with Crippen molar-refractivity contribution >= 4 is 46.3 Å². The zero-order valence-corrected chi connectivity index (χ0v) is 23.4. The van der Waals surface area contributed by atoms with Gasteiger partial charge in [0.2, 0.25) is 11.8 Å². The van der Waals surface area contributed by atoms with E-state index in [2.05, 4.69) is 15.6 Å². The molecule has 1 aliphatic heterocycles. The molecule has 0 unspecified atom stereocenters. The maximum Gasteiger partial charge on any atom is 0.408 e. The Morgan fingerprint density at radius 3 is 2.62 bits per heavy atom. The van der Waals surface area contributed by atoms with E-state index in [-0.39, 0.29) is 23.2 Å². The molecule has 2 atom stereocenters. The Morgan fingerprint density at radius 1 is 1.22 bits per heavy atom. The maximum atomic E-state index is 13.8. The van der Waals surface area contributed by atoms with Crippen molar-refractivity contribution in [3.05, 3.63) is 36.0 Å². The zero-order chi connectivity index (χ0) is 27.3. The van der Waals surface area contributed by atoms with Crippen LogP contribution in [0.2, 0.25) is 0 Å². The number of ether oxygens (including phenoxy) is 1. The van der Waals surface area contributed by atoms with Crippen molar-refractivity contribution < 1.29 is 19.1 Å². The van der Waals surface area contributed by atoms with E-state index in [0.717, 1.165) is 16.3 Å². The summed E-state index contributed by atoms with van der Waals surface area (Å²) in [5.41, 5.74) is 6.86. The minimum absolute atomic E-state index is 0.210. The highest BCUT2D eigenvalue weighted by Gasteiger charge is 2.44. The average Bonchev–Trinajstić information content (AvgIpc) is 3.29. The first-order valence-electron chi connectivity index (χ1n) is 12.8. The molecule has 2 heterocycles. The molecule has 9 nitrogen and oxygen atoms in total. The van der Waals surface area contributed by atoms with Gasteiger partial charge in [-0.3, -0.25) is 9.59 Å². The molecule has 3 rings (SSSR count).